The van der Waals surface area contributed by atoms with Crippen molar-refractivity contribution in [3.8, 4) is 0 Å². The Labute approximate surface area is 104 Å². The van der Waals surface area contributed by atoms with Gasteiger partial charge < -0.3 is 10.4 Å². The first kappa shape index (κ1) is 14.9. The van der Waals surface area contributed by atoms with Crippen LogP contribution in [0.1, 0.15) is 25.7 Å². The number of unbranched alkanes of at least 4 members (excludes halogenated alkanes) is 1. The molecular weight excluding hydrogens is 240 g/mol. The van der Waals surface area contributed by atoms with Crippen molar-refractivity contribution in [2.45, 2.75) is 25.7 Å². The standard InChI is InChI=1S/C11H24N2O3S/c1-17(15,16)13-7-4-5-11(10-13)9-12-6-2-3-8-14/h11-12,14H,2-10H2,1H3. The van der Waals surface area contributed by atoms with Crippen molar-refractivity contribution in [1.82, 2.24) is 9.62 Å². The zero-order valence-corrected chi connectivity index (χ0v) is 11.4. The molecule has 0 aliphatic carbocycles. The second-order valence-corrected chi connectivity index (χ2v) is 6.75. The molecule has 0 radical (unpaired) electrons. The van der Waals surface area contributed by atoms with Crippen LogP contribution < -0.4 is 5.32 Å². The molecular formula is C11H24N2O3S. The molecule has 1 atom stereocenters. The Kier molecular flexibility index (Phi) is 6.40. The Morgan fingerprint density at radius 2 is 2.18 bits per heavy atom. The minimum atomic E-state index is -3.03. The highest BCUT2D eigenvalue weighted by Gasteiger charge is 2.25. The maximum atomic E-state index is 11.4. The highest BCUT2D eigenvalue weighted by molar-refractivity contribution is 7.88. The Hall–Kier alpha value is -0.170. The van der Waals surface area contributed by atoms with Crippen LogP contribution in [0, 0.1) is 5.92 Å². The summed E-state index contributed by atoms with van der Waals surface area (Å²) in [5, 5.41) is 12.0. The predicted molar refractivity (Wildman–Crippen MR) is 68.3 cm³/mol. The fraction of sp³-hybridized carbons (Fsp3) is 1.00. The van der Waals surface area contributed by atoms with Crippen LogP contribution >= 0.6 is 0 Å². The van der Waals surface area contributed by atoms with E-state index in [9.17, 15) is 8.42 Å². The second kappa shape index (κ2) is 7.31. The molecule has 1 heterocycles. The summed E-state index contributed by atoms with van der Waals surface area (Å²) in [6.45, 7) is 3.33. The number of hydrogen-bond acceptors (Lipinski definition) is 4. The minimum Gasteiger partial charge on any atom is -0.396 e. The quantitative estimate of drug-likeness (QED) is 0.636. The number of nitrogens with zero attached hydrogens (tertiary/aromatic N) is 1. The van der Waals surface area contributed by atoms with Crippen LogP contribution in [0.3, 0.4) is 0 Å². The van der Waals surface area contributed by atoms with Gasteiger partial charge >= 0.3 is 0 Å². The largest absolute Gasteiger partial charge is 0.396 e. The number of nitrogens with one attached hydrogen (secondary N) is 1. The summed E-state index contributed by atoms with van der Waals surface area (Å²) < 4.78 is 24.4. The van der Waals surface area contributed by atoms with E-state index in [0.29, 0.717) is 19.0 Å². The summed E-state index contributed by atoms with van der Waals surface area (Å²) in [4.78, 5) is 0. The zero-order chi connectivity index (χ0) is 12.7. The van der Waals surface area contributed by atoms with Crippen molar-refractivity contribution in [2.75, 3.05) is 39.0 Å². The summed E-state index contributed by atoms with van der Waals surface area (Å²) in [5.41, 5.74) is 0. The number of sulfonamides is 1. The topological polar surface area (TPSA) is 69.6 Å². The van der Waals surface area contributed by atoms with Crippen molar-refractivity contribution in [2.24, 2.45) is 5.92 Å². The van der Waals surface area contributed by atoms with Crippen LogP contribution in [-0.4, -0.2) is 56.9 Å². The molecule has 1 rings (SSSR count). The van der Waals surface area contributed by atoms with E-state index in [1.54, 1.807) is 4.31 Å². The molecule has 2 N–H and O–H groups in total. The molecule has 0 amide bonds. The summed E-state index contributed by atoms with van der Waals surface area (Å²) in [6.07, 6.45) is 5.13. The Morgan fingerprint density at radius 1 is 1.41 bits per heavy atom. The van der Waals surface area contributed by atoms with E-state index in [2.05, 4.69) is 5.32 Å². The molecule has 0 bridgehead atoms. The lowest BCUT2D eigenvalue weighted by molar-refractivity contribution is 0.258. The van der Waals surface area contributed by atoms with Crippen molar-refractivity contribution in [1.29, 1.82) is 0 Å². The lowest BCUT2D eigenvalue weighted by atomic mass is 10.00. The third-order valence-electron chi connectivity index (χ3n) is 3.15. The summed E-state index contributed by atoms with van der Waals surface area (Å²) in [5.74, 6) is 0.424. The number of hydrogen-bond donors (Lipinski definition) is 2. The van der Waals surface area contributed by atoms with Gasteiger partial charge in [0, 0.05) is 19.7 Å². The summed E-state index contributed by atoms with van der Waals surface area (Å²) in [7, 11) is -3.03. The van der Waals surface area contributed by atoms with Crippen LogP contribution in [0.2, 0.25) is 0 Å². The second-order valence-electron chi connectivity index (χ2n) is 4.76. The third kappa shape index (κ3) is 5.81. The van der Waals surface area contributed by atoms with Crippen LogP contribution in [0.4, 0.5) is 0 Å². The molecule has 1 unspecified atom stereocenters. The van der Waals surface area contributed by atoms with Crippen molar-refractivity contribution >= 4 is 10.0 Å². The van der Waals surface area contributed by atoms with Crippen molar-refractivity contribution in [3.63, 3.8) is 0 Å². The lowest BCUT2D eigenvalue weighted by Crippen LogP contribution is -2.42. The van der Waals surface area contributed by atoms with Crippen molar-refractivity contribution < 1.29 is 13.5 Å². The highest BCUT2D eigenvalue weighted by Crippen LogP contribution is 2.17. The van der Waals surface area contributed by atoms with Gasteiger partial charge in [-0.25, -0.2) is 12.7 Å². The molecule has 102 valence electrons. The first-order valence-electron chi connectivity index (χ1n) is 6.30. The van der Waals surface area contributed by atoms with Gasteiger partial charge in [-0.1, -0.05) is 0 Å². The normalized spacial score (nSPS) is 22.8. The monoisotopic (exact) mass is 264 g/mol. The van der Waals surface area contributed by atoms with E-state index in [-0.39, 0.29) is 6.61 Å². The SMILES string of the molecule is CS(=O)(=O)N1CCCC(CNCCCCO)C1. The lowest BCUT2D eigenvalue weighted by Gasteiger charge is -2.31. The van der Waals surface area contributed by atoms with Crippen LogP contribution in [0.25, 0.3) is 0 Å². The number of aliphatic hydroxyl groups is 1. The maximum Gasteiger partial charge on any atom is 0.211 e. The van der Waals surface area contributed by atoms with Gasteiger partial charge in [0.1, 0.15) is 0 Å². The Balaban J connectivity index is 2.21. The molecule has 17 heavy (non-hydrogen) atoms. The van der Waals surface area contributed by atoms with Gasteiger partial charge in [-0.2, -0.15) is 0 Å². The molecule has 0 spiro atoms. The first-order valence-corrected chi connectivity index (χ1v) is 8.15. The molecule has 0 aromatic carbocycles. The molecule has 6 heteroatoms. The molecule has 1 aliphatic rings. The highest BCUT2D eigenvalue weighted by atomic mass is 32.2. The average molecular weight is 264 g/mol. The first-order chi connectivity index (χ1) is 8.04. The van der Waals surface area contributed by atoms with E-state index < -0.39 is 10.0 Å². The number of rotatable bonds is 7. The van der Waals surface area contributed by atoms with E-state index in [1.165, 1.54) is 6.26 Å². The van der Waals surface area contributed by atoms with Gasteiger partial charge in [0.2, 0.25) is 10.0 Å². The Bertz CT molecular complexity index is 306. The molecule has 0 saturated carbocycles. The van der Waals surface area contributed by atoms with Gasteiger partial charge in [0.05, 0.1) is 6.26 Å². The summed E-state index contributed by atoms with van der Waals surface area (Å²) in [6, 6.07) is 0. The smallest absolute Gasteiger partial charge is 0.211 e. The van der Waals surface area contributed by atoms with Crippen LogP contribution in [0.15, 0.2) is 0 Å². The molecule has 1 aliphatic heterocycles. The molecule has 5 nitrogen and oxygen atoms in total. The average Bonchev–Trinajstić information content (AvgIpc) is 2.28. The van der Waals surface area contributed by atoms with Gasteiger partial charge in [0.25, 0.3) is 0 Å². The molecule has 1 fully saturated rings. The van der Waals surface area contributed by atoms with E-state index in [4.69, 9.17) is 5.11 Å². The van der Waals surface area contributed by atoms with Gasteiger partial charge in [-0.05, 0) is 44.7 Å². The van der Waals surface area contributed by atoms with Crippen LogP contribution in [0.5, 0.6) is 0 Å². The fourth-order valence-corrected chi connectivity index (χ4v) is 3.11. The van der Waals surface area contributed by atoms with Gasteiger partial charge in [-0.15, -0.1) is 0 Å². The zero-order valence-electron chi connectivity index (χ0n) is 10.6. The Morgan fingerprint density at radius 3 is 2.82 bits per heavy atom. The molecule has 1 saturated heterocycles. The van der Waals surface area contributed by atoms with E-state index in [1.807, 2.05) is 0 Å². The maximum absolute atomic E-state index is 11.4. The van der Waals surface area contributed by atoms with Gasteiger partial charge in [0.15, 0.2) is 0 Å². The molecule has 0 aromatic heterocycles. The predicted octanol–water partition coefficient (Wildman–Crippen LogP) is 0.0201. The number of piperidine rings is 1. The minimum absolute atomic E-state index is 0.243. The number of aliphatic hydroxyl groups excluding tert-OH is 1. The molecule has 0 aromatic rings. The van der Waals surface area contributed by atoms with E-state index >= 15 is 0 Å². The van der Waals surface area contributed by atoms with Crippen LogP contribution in [-0.2, 0) is 10.0 Å². The third-order valence-corrected chi connectivity index (χ3v) is 4.42. The summed E-state index contributed by atoms with van der Waals surface area (Å²) >= 11 is 0. The van der Waals surface area contributed by atoms with Gasteiger partial charge in [-0.3, -0.25) is 0 Å². The van der Waals surface area contributed by atoms with Crippen molar-refractivity contribution in [3.05, 3.63) is 0 Å². The van der Waals surface area contributed by atoms with E-state index in [0.717, 1.165) is 38.8 Å². The fourth-order valence-electron chi connectivity index (χ4n) is 2.16.